The van der Waals surface area contributed by atoms with Crippen molar-refractivity contribution in [3.8, 4) is 0 Å². The number of hydrogen-bond donors (Lipinski definition) is 0. The van der Waals surface area contributed by atoms with E-state index in [4.69, 9.17) is 4.74 Å². The van der Waals surface area contributed by atoms with Gasteiger partial charge in [0.15, 0.2) is 0 Å². The van der Waals surface area contributed by atoms with Gasteiger partial charge in [0, 0.05) is 0 Å². The molecule has 0 saturated heterocycles. The molecule has 0 aromatic heterocycles. The molecule has 0 heterocycles. The van der Waals surface area contributed by atoms with Crippen molar-refractivity contribution in [1.82, 2.24) is 0 Å². The van der Waals surface area contributed by atoms with Gasteiger partial charge in [-0.2, -0.15) is 0 Å². The largest absolute Gasteiger partial charge is 0.373 e. The minimum absolute atomic E-state index is 0.00410. The summed E-state index contributed by atoms with van der Waals surface area (Å²) in [5, 5.41) is 0. The van der Waals surface area contributed by atoms with Crippen LogP contribution in [0.15, 0.2) is 0 Å². The third kappa shape index (κ3) is 5.04. The Balaban J connectivity index is 1.42. The smallest absolute Gasteiger partial charge is 0.0602 e. The second-order valence-electron chi connectivity index (χ2n) is 15.5. The zero-order valence-electron chi connectivity index (χ0n) is 24.6. The molecule has 0 N–H and O–H groups in total. The van der Waals surface area contributed by atoms with Crippen LogP contribution in [0.4, 0.5) is 0 Å². The van der Waals surface area contributed by atoms with Crippen LogP contribution in [0.3, 0.4) is 0 Å². The first-order valence-corrected chi connectivity index (χ1v) is 15.6. The van der Waals surface area contributed by atoms with Crippen LogP contribution in [0.5, 0.6) is 0 Å². The molecule has 1 heteroatoms. The molecule has 2 unspecified atom stereocenters. The van der Waals surface area contributed by atoms with Crippen molar-refractivity contribution < 1.29 is 4.74 Å². The van der Waals surface area contributed by atoms with Crippen molar-refractivity contribution in [2.45, 2.75) is 151 Å². The van der Waals surface area contributed by atoms with Crippen molar-refractivity contribution >= 4 is 0 Å². The minimum atomic E-state index is 0.00410. The third-order valence-corrected chi connectivity index (χ3v) is 12.4. The summed E-state index contributed by atoms with van der Waals surface area (Å²) in [6.07, 6.45) is 17.9. The van der Waals surface area contributed by atoms with Crippen LogP contribution in [0.1, 0.15) is 139 Å². The highest BCUT2D eigenvalue weighted by atomic mass is 16.5. The first-order valence-electron chi connectivity index (χ1n) is 15.6. The van der Waals surface area contributed by atoms with Crippen molar-refractivity contribution in [2.24, 2.45) is 58.2 Å². The maximum Gasteiger partial charge on any atom is 0.0602 e. The fourth-order valence-corrected chi connectivity index (χ4v) is 10.5. The number of ether oxygens (including phenoxy) is 1. The summed E-state index contributed by atoms with van der Waals surface area (Å²) in [7, 11) is 0. The van der Waals surface area contributed by atoms with E-state index < -0.39 is 0 Å². The molecule has 0 spiro atoms. The molecule has 1 nitrogen and oxygen atoms in total. The normalized spacial score (nSPS) is 44.3. The Morgan fingerprint density at radius 3 is 2.15 bits per heavy atom. The highest BCUT2D eigenvalue weighted by Crippen LogP contribution is 2.68. The van der Waals surface area contributed by atoms with Gasteiger partial charge in [0.2, 0.25) is 0 Å². The van der Waals surface area contributed by atoms with Crippen LogP contribution in [0, 0.1) is 58.2 Å². The Bertz CT molecular complexity index is 675. The van der Waals surface area contributed by atoms with Crippen molar-refractivity contribution in [2.75, 3.05) is 0 Å². The second kappa shape index (κ2) is 10.0. The predicted octanol–water partition coefficient (Wildman–Crippen LogP) is 9.93. The number of fused-ring (bicyclic) bond motifs is 5. The lowest BCUT2D eigenvalue weighted by Crippen LogP contribution is -2.54. The van der Waals surface area contributed by atoms with Crippen LogP contribution in [0.2, 0.25) is 0 Å². The minimum Gasteiger partial charge on any atom is -0.373 e. The van der Waals surface area contributed by atoms with Gasteiger partial charge in [0.05, 0.1) is 11.7 Å². The highest BCUT2D eigenvalue weighted by molar-refractivity contribution is 5.10. The lowest BCUT2D eigenvalue weighted by atomic mass is 9.44. The third-order valence-electron chi connectivity index (χ3n) is 12.4. The molecule has 34 heavy (non-hydrogen) atoms. The molecule has 0 aromatic carbocycles. The average Bonchev–Trinajstić information content (AvgIpc) is 3.10. The Morgan fingerprint density at radius 2 is 1.50 bits per heavy atom. The fourth-order valence-electron chi connectivity index (χ4n) is 10.5. The molecule has 0 aliphatic heterocycles. The van der Waals surface area contributed by atoms with Gasteiger partial charge in [-0.05, 0) is 143 Å². The zero-order chi connectivity index (χ0) is 24.9. The summed E-state index contributed by atoms with van der Waals surface area (Å²) >= 11 is 0. The first kappa shape index (κ1) is 27.0. The molecule has 0 aromatic rings. The van der Waals surface area contributed by atoms with E-state index in [-0.39, 0.29) is 5.60 Å². The van der Waals surface area contributed by atoms with E-state index in [9.17, 15) is 0 Å². The molecule has 4 rings (SSSR count). The summed E-state index contributed by atoms with van der Waals surface area (Å²) in [5.41, 5.74) is 1.21. The van der Waals surface area contributed by atoms with Gasteiger partial charge < -0.3 is 4.74 Å². The molecule has 10 atom stereocenters. The fraction of sp³-hybridized carbons (Fsp3) is 1.00. The van der Waals surface area contributed by atoms with Crippen LogP contribution >= 0.6 is 0 Å². The molecule has 4 aliphatic carbocycles. The molecular formula is C33H60O. The molecule has 4 aliphatic rings. The standard InChI is InChI=1S/C33H60O/c1-10-24(22(2)3)12-11-23(4)28-15-16-29-27-14-13-25-21-26(34-31(5,6)7)17-19-32(25,8)30(27)18-20-33(28,29)9/h22-30H,10-21H2,1-9H3/t23-,24-,25?,26?,27+,28-,29+,30+,32+,33-/m1/s1. The van der Waals surface area contributed by atoms with Gasteiger partial charge in [0.25, 0.3) is 0 Å². The predicted molar refractivity (Wildman–Crippen MR) is 147 cm³/mol. The van der Waals surface area contributed by atoms with E-state index in [1.165, 1.54) is 77.0 Å². The van der Waals surface area contributed by atoms with Gasteiger partial charge >= 0.3 is 0 Å². The van der Waals surface area contributed by atoms with E-state index in [2.05, 4.69) is 62.3 Å². The van der Waals surface area contributed by atoms with Crippen LogP contribution in [-0.4, -0.2) is 11.7 Å². The number of hydrogen-bond acceptors (Lipinski definition) is 1. The van der Waals surface area contributed by atoms with Gasteiger partial charge in [-0.15, -0.1) is 0 Å². The zero-order valence-corrected chi connectivity index (χ0v) is 24.6. The Kier molecular flexibility index (Phi) is 7.96. The van der Waals surface area contributed by atoms with Gasteiger partial charge in [0.1, 0.15) is 0 Å². The monoisotopic (exact) mass is 472 g/mol. The van der Waals surface area contributed by atoms with E-state index >= 15 is 0 Å². The van der Waals surface area contributed by atoms with E-state index in [0.29, 0.717) is 16.9 Å². The molecule has 0 bridgehead atoms. The van der Waals surface area contributed by atoms with Crippen molar-refractivity contribution in [3.63, 3.8) is 0 Å². The van der Waals surface area contributed by atoms with E-state index in [1.807, 2.05) is 0 Å². The molecule has 4 fully saturated rings. The maximum absolute atomic E-state index is 6.50. The Labute approximate surface area is 214 Å². The quantitative estimate of drug-likeness (QED) is 0.358. The Hall–Kier alpha value is -0.0400. The molecule has 0 amide bonds. The van der Waals surface area contributed by atoms with Crippen LogP contribution in [-0.2, 0) is 4.74 Å². The summed E-state index contributed by atoms with van der Waals surface area (Å²) in [6.45, 7) is 22.1. The SMILES string of the molecule is CC[C@H](CC[C@@H](C)[C@H]1CC[C@H]2[C@@H]3CCC4CC(OC(C)(C)C)CC[C@]4(C)[C@H]3CC[C@]12C)C(C)C. The lowest BCUT2D eigenvalue weighted by Gasteiger charge is -2.61. The van der Waals surface area contributed by atoms with Gasteiger partial charge in [-0.1, -0.05) is 54.4 Å². The summed E-state index contributed by atoms with van der Waals surface area (Å²) in [4.78, 5) is 0. The van der Waals surface area contributed by atoms with Crippen molar-refractivity contribution in [1.29, 1.82) is 0 Å². The van der Waals surface area contributed by atoms with Crippen LogP contribution in [0.25, 0.3) is 0 Å². The number of rotatable bonds is 7. The van der Waals surface area contributed by atoms with E-state index in [1.54, 1.807) is 0 Å². The van der Waals surface area contributed by atoms with Crippen LogP contribution < -0.4 is 0 Å². The van der Waals surface area contributed by atoms with Gasteiger partial charge in [-0.3, -0.25) is 0 Å². The second-order valence-corrected chi connectivity index (χ2v) is 15.5. The van der Waals surface area contributed by atoms with Crippen molar-refractivity contribution in [3.05, 3.63) is 0 Å². The highest BCUT2D eigenvalue weighted by Gasteiger charge is 2.60. The Morgan fingerprint density at radius 1 is 0.824 bits per heavy atom. The average molecular weight is 473 g/mol. The van der Waals surface area contributed by atoms with Gasteiger partial charge in [-0.25, -0.2) is 0 Å². The maximum atomic E-state index is 6.50. The molecule has 4 saturated carbocycles. The first-order chi connectivity index (χ1) is 15.9. The molecule has 0 radical (unpaired) electrons. The van der Waals surface area contributed by atoms with E-state index in [0.717, 1.165) is 47.3 Å². The summed E-state index contributed by atoms with van der Waals surface area (Å²) in [5.74, 6) is 7.57. The molecular weight excluding hydrogens is 412 g/mol. The summed E-state index contributed by atoms with van der Waals surface area (Å²) in [6, 6.07) is 0. The summed E-state index contributed by atoms with van der Waals surface area (Å²) < 4.78 is 6.50. The lowest BCUT2D eigenvalue weighted by molar-refractivity contribution is -0.155. The topological polar surface area (TPSA) is 9.23 Å². The molecule has 198 valence electrons.